The van der Waals surface area contributed by atoms with Crippen LogP contribution >= 0.6 is 0 Å². The zero-order valence-electron chi connectivity index (χ0n) is 12.8. The van der Waals surface area contributed by atoms with Gasteiger partial charge in [-0.05, 0) is 52.0 Å². The molecule has 0 saturated carbocycles. The highest BCUT2D eigenvalue weighted by molar-refractivity contribution is 5.58. The molecule has 0 radical (unpaired) electrons. The van der Waals surface area contributed by atoms with E-state index in [0.717, 1.165) is 17.1 Å². The van der Waals surface area contributed by atoms with Gasteiger partial charge in [-0.3, -0.25) is 0 Å². The van der Waals surface area contributed by atoms with Gasteiger partial charge in [-0.1, -0.05) is 0 Å². The molecule has 4 heteroatoms. The Morgan fingerprint density at radius 2 is 1.65 bits per heavy atom. The number of methoxy groups -OCH3 is 1. The van der Waals surface area contributed by atoms with Gasteiger partial charge in [-0.2, -0.15) is 0 Å². The van der Waals surface area contributed by atoms with Crippen molar-refractivity contribution < 1.29 is 9.15 Å². The SMILES string of the molecule is COc1ccc(-c2cnc(N(C(C)C)C(C)C)o2)cc1. The van der Waals surface area contributed by atoms with Gasteiger partial charge in [0.05, 0.1) is 13.3 Å². The van der Waals surface area contributed by atoms with E-state index in [2.05, 4.69) is 37.6 Å². The number of nitrogens with zero attached hydrogens (tertiary/aromatic N) is 2. The van der Waals surface area contributed by atoms with Crippen LogP contribution in [0.5, 0.6) is 5.75 Å². The fraction of sp³-hybridized carbons (Fsp3) is 0.438. The lowest BCUT2D eigenvalue weighted by Gasteiger charge is -2.28. The van der Waals surface area contributed by atoms with E-state index >= 15 is 0 Å². The van der Waals surface area contributed by atoms with Crippen molar-refractivity contribution in [2.24, 2.45) is 0 Å². The van der Waals surface area contributed by atoms with Crippen LogP contribution in [0.1, 0.15) is 27.7 Å². The van der Waals surface area contributed by atoms with Crippen molar-refractivity contribution in [3.8, 4) is 17.1 Å². The van der Waals surface area contributed by atoms with Crippen molar-refractivity contribution in [3.63, 3.8) is 0 Å². The third-order valence-corrected chi connectivity index (χ3v) is 3.20. The molecule has 4 nitrogen and oxygen atoms in total. The van der Waals surface area contributed by atoms with Gasteiger partial charge in [0.15, 0.2) is 5.76 Å². The average molecular weight is 274 g/mol. The fourth-order valence-electron chi connectivity index (χ4n) is 2.31. The van der Waals surface area contributed by atoms with Gasteiger partial charge in [0.1, 0.15) is 5.75 Å². The molecule has 0 saturated heterocycles. The summed E-state index contributed by atoms with van der Waals surface area (Å²) in [5.41, 5.74) is 0.997. The number of rotatable bonds is 5. The lowest BCUT2D eigenvalue weighted by atomic mass is 10.2. The Morgan fingerprint density at radius 1 is 1.05 bits per heavy atom. The maximum atomic E-state index is 5.90. The van der Waals surface area contributed by atoms with Crippen LogP contribution in [0.2, 0.25) is 0 Å². The van der Waals surface area contributed by atoms with Crippen LogP contribution in [0.15, 0.2) is 34.9 Å². The molecule has 2 aromatic rings. The zero-order valence-corrected chi connectivity index (χ0v) is 12.8. The first-order valence-electron chi connectivity index (χ1n) is 6.91. The van der Waals surface area contributed by atoms with Crippen LogP contribution in [0.4, 0.5) is 6.01 Å². The first kappa shape index (κ1) is 14.4. The molecule has 108 valence electrons. The summed E-state index contributed by atoms with van der Waals surface area (Å²) in [4.78, 5) is 6.57. The second-order valence-electron chi connectivity index (χ2n) is 5.33. The van der Waals surface area contributed by atoms with E-state index in [1.54, 1.807) is 13.3 Å². The van der Waals surface area contributed by atoms with Crippen LogP contribution in [0, 0.1) is 0 Å². The number of hydrogen-bond acceptors (Lipinski definition) is 4. The van der Waals surface area contributed by atoms with E-state index in [1.165, 1.54) is 0 Å². The summed E-state index contributed by atoms with van der Waals surface area (Å²) in [5, 5.41) is 0. The molecular weight excluding hydrogens is 252 g/mol. The number of oxazole rings is 1. The normalized spacial score (nSPS) is 11.2. The van der Waals surface area contributed by atoms with Crippen LogP contribution in [-0.4, -0.2) is 24.2 Å². The molecule has 0 spiro atoms. The molecule has 0 amide bonds. The maximum Gasteiger partial charge on any atom is 0.298 e. The monoisotopic (exact) mass is 274 g/mol. The van der Waals surface area contributed by atoms with E-state index in [4.69, 9.17) is 9.15 Å². The summed E-state index contributed by atoms with van der Waals surface area (Å²) in [7, 11) is 1.66. The van der Waals surface area contributed by atoms with E-state index in [0.29, 0.717) is 18.1 Å². The first-order chi connectivity index (χ1) is 9.52. The minimum Gasteiger partial charge on any atom is -0.497 e. The molecule has 1 aromatic carbocycles. The Labute approximate surface area is 120 Å². The van der Waals surface area contributed by atoms with Gasteiger partial charge >= 0.3 is 0 Å². The van der Waals surface area contributed by atoms with Gasteiger partial charge in [0.25, 0.3) is 6.01 Å². The molecule has 0 unspecified atom stereocenters. The van der Waals surface area contributed by atoms with Crippen molar-refractivity contribution >= 4 is 6.01 Å². The predicted octanol–water partition coefficient (Wildman–Crippen LogP) is 3.97. The van der Waals surface area contributed by atoms with Gasteiger partial charge in [0.2, 0.25) is 0 Å². The number of hydrogen-bond donors (Lipinski definition) is 0. The third-order valence-electron chi connectivity index (χ3n) is 3.20. The van der Waals surface area contributed by atoms with Crippen molar-refractivity contribution in [2.45, 2.75) is 39.8 Å². The maximum absolute atomic E-state index is 5.90. The van der Waals surface area contributed by atoms with E-state index in [9.17, 15) is 0 Å². The molecule has 1 aromatic heterocycles. The number of benzene rings is 1. The van der Waals surface area contributed by atoms with Crippen molar-refractivity contribution in [1.29, 1.82) is 0 Å². The number of ether oxygens (including phenoxy) is 1. The standard InChI is InChI=1S/C16H22N2O2/c1-11(2)18(12(3)4)16-17-10-15(20-16)13-6-8-14(19-5)9-7-13/h6-12H,1-5H3. The van der Waals surface area contributed by atoms with Crippen LogP contribution < -0.4 is 9.64 Å². The summed E-state index contributed by atoms with van der Waals surface area (Å²) in [6, 6.07) is 9.13. The Kier molecular flexibility index (Phi) is 4.32. The summed E-state index contributed by atoms with van der Waals surface area (Å²) < 4.78 is 11.1. The quantitative estimate of drug-likeness (QED) is 0.826. The minimum atomic E-state index is 0.345. The first-order valence-corrected chi connectivity index (χ1v) is 6.91. The summed E-state index contributed by atoms with van der Waals surface area (Å²) >= 11 is 0. The Balaban J connectivity index is 2.27. The topological polar surface area (TPSA) is 38.5 Å². The number of anilines is 1. The average Bonchev–Trinajstić information content (AvgIpc) is 2.87. The molecule has 0 aliphatic rings. The molecule has 0 fully saturated rings. The molecule has 0 bridgehead atoms. The summed E-state index contributed by atoms with van der Waals surface area (Å²) in [6.07, 6.45) is 1.77. The smallest absolute Gasteiger partial charge is 0.298 e. The molecule has 20 heavy (non-hydrogen) atoms. The number of aromatic nitrogens is 1. The largest absolute Gasteiger partial charge is 0.497 e. The van der Waals surface area contributed by atoms with Gasteiger partial charge in [-0.25, -0.2) is 4.98 Å². The zero-order chi connectivity index (χ0) is 14.7. The predicted molar refractivity (Wildman–Crippen MR) is 81.2 cm³/mol. The van der Waals surface area contributed by atoms with Crippen molar-refractivity contribution in [2.75, 3.05) is 12.0 Å². The lowest BCUT2D eigenvalue weighted by molar-refractivity contribution is 0.415. The molecule has 0 aliphatic heterocycles. The van der Waals surface area contributed by atoms with Crippen molar-refractivity contribution in [1.82, 2.24) is 4.98 Å². The highest BCUT2D eigenvalue weighted by atomic mass is 16.5. The second-order valence-corrected chi connectivity index (χ2v) is 5.33. The third kappa shape index (κ3) is 2.95. The molecule has 2 rings (SSSR count). The van der Waals surface area contributed by atoms with Gasteiger partial charge in [-0.15, -0.1) is 0 Å². The van der Waals surface area contributed by atoms with E-state index in [1.807, 2.05) is 24.3 Å². The Hall–Kier alpha value is -1.97. The molecule has 0 atom stereocenters. The van der Waals surface area contributed by atoms with Crippen LogP contribution in [-0.2, 0) is 0 Å². The Bertz CT molecular complexity index is 536. The van der Waals surface area contributed by atoms with E-state index in [-0.39, 0.29) is 0 Å². The highest BCUT2D eigenvalue weighted by Gasteiger charge is 2.19. The molecule has 0 aliphatic carbocycles. The minimum absolute atomic E-state index is 0.345. The molecule has 0 N–H and O–H groups in total. The fourth-order valence-corrected chi connectivity index (χ4v) is 2.31. The van der Waals surface area contributed by atoms with E-state index < -0.39 is 0 Å². The van der Waals surface area contributed by atoms with Crippen LogP contribution in [0.3, 0.4) is 0 Å². The lowest BCUT2D eigenvalue weighted by Crippen LogP contribution is -2.37. The van der Waals surface area contributed by atoms with Gasteiger partial charge in [0, 0.05) is 17.6 Å². The molecule has 1 heterocycles. The summed E-state index contributed by atoms with van der Waals surface area (Å²) in [5.74, 6) is 1.61. The second kappa shape index (κ2) is 5.99. The van der Waals surface area contributed by atoms with Gasteiger partial charge < -0.3 is 14.1 Å². The van der Waals surface area contributed by atoms with Crippen molar-refractivity contribution in [3.05, 3.63) is 30.5 Å². The Morgan fingerprint density at radius 3 is 2.15 bits per heavy atom. The summed E-state index contributed by atoms with van der Waals surface area (Å²) in [6.45, 7) is 8.54. The highest BCUT2D eigenvalue weighted by Crippen LogP contribution is 2.27. The molecular formula is C16H22N2O2. The van der Waals surface area contributed by atoms with Crippen LogP contribution in [0.25, 0.3) is 11.3 Å².